The molecule has 0 radical (unpaired) electrons. The Balaban J connectivity index is 1.23. The van der Waals surface area contributed by atoms with E-state index in [0.29, 0.717) is 54.1 Å². The molecule has 28 heteroatoms. The Hall–Kier alpha value is -11.2. The first-order valence-electron chi connectivity index (χ1n) is 29.5. The number of aromatic nitrogens is 3. The number of halogens is 24. The highest BCUT2D eigenvalue weighted by atomic mass is 19.4. The van der Waals surface area contributed by atoms with Gasteiger partial charge in [-0.1, -0.05) is 84.9 Å². The summed E-state index contributed by atoms with van der Waals surface area (Å²) in [7, 11) is 0. The third-order valence-corrected chi connectivity index (χ3v) is 17.0. The maximum atomic E-state index is 14.6. The van der Waals surface area contributed by atoms with Gasteiger partial charge in [0.1, 0.15) is 0 Å². The highest BCUT2D eigenvalue weighted by molar-refractivity contribution is 6.14. The molecule has 3 aromatic heterocycles. The minimum atomic E-state index is -5.44. The maximum Gasteiger partial charge on any atom is 0.416 e. The normalized spacial score (nSPS) is 13.1. The second-order valence-electron chi connectivity index (χ2n) is 23.5. The van der Waals surface area contributed by atoms with E-state index >= 15 is 0 Å². The molecule has 0 atom stereocenters. The fraction of sp³-hybridized carbons (Fsp3) is 0.108. The Kier molecular flexibility index (Phi) is 16.3. The van der Waals surface area contributed by atoms with E-state index in [1.54, 1.807) is 36.4 Å². The first-order valence-corrected chi connectivity index (χ1v) is 29.5. The van der Waals surface area contributed by atoms with Crippen LogP contribution in [0.5, 0.6) is 0 Å². The Morgan fingerprint density at radius 3 is 0.775 bits per heavy atom. The minimum absolute atomic E-state index is 0.0359. The molecule has 0 saturated heterocycles. The molecule has 102 heavy (non-hydrogen) atoms. The molecular weight excluding hydrogens is 1400 g/mol. The third kappa shape index (κ3) is 13.1. The average Bonchev–Trinajstić information content (AvgIpc) is 1.66. The number of benzene rings is 10. The number of nitrogens with zero attached hydrogens (tertiary/aromatic N) is 4. The van der Waals surface area contributed by atoms with Gasteiger partial charge in [-0.3, -0.25) is 0 Å². The van der Waals surface area contributed by atoms with E-state index in [-0.39, 0.29) is 84.8 Å². The molecule has 0 saturated carbocycles. The van der Waals surface area contributed by atoms with Crippen LogP contribution >= 0.6 is 0 Å². The Morgan fingerprint density at radius 2 is 0.510 bits per heavy atom. The number of hydrogen-bond acceptors (Lipinski definition) is 2. The van der Waals surface area contributed by atoms with Gasteiger partial charge in [0, 0.05) is 32.7 Å². The summed E-state index contributed by atoms with van der Waals surface area (Å²) in [6.07, 6.45) is -43.5. The van der Waals surface area contributed by atoms with Gasteiger partial charge in [-0.15, -0.1) is 0 Å². The molecule has 0 aliphatic carbocycles. The van der Waals surface area contributed by atoms with Gasteiger partial charge in [0.2, 0.25) is 0 Å². The number of nitriles is 1. The van der Waals surface area contributed by atoms with Crippen molar-refractivity contribution in [2.45, 2.75) is 49.4 Å². The summed E-state index contributed by atoms with van der Waals surface area (Å²) in [5.41, 5.74) is -21.1. The molecule has 518 valence electrons. The average molecular weight is 1440 g/mol. The lowest BCUT2D eigenvalue weighted by Gasteiger charge is -2.20. The summed E-state index contributed by atoms with van der Waals surface area (Å²) in [6.45, 7) is 0. The molecule has 3 heterocycles. The van der Waals surface area contributed by atoms with Crippen LogP contribution in [-0.4, -0.2) is 14.1 Å². The highest BCUT2D eigenvalue weighted by Gasteiger charge is 2.42. The van der Waals surface area contributed by atoms with E-state index < -0.39 is 155 Å². The van der Waals surface area contributed by atoms with Crippen molar-refractivity contribution >= 4 is 43.6 Å². The molecule has 0 spiro atoms. The maximum absolute atomic E-state index is 14.6. The van der Waals surface area contributed by atoms with Crippen molar-refractivity contribution in [3.8, 4) is 84.5 Å². The molecule has 0 unspecified atom stereocenters. The van der Waals surface area contributed by atoms with Crippen molar-refractivity contribution < 1.29 is 105 Å². The van der Waals surface area contributed by atoms with Gasteiger partial charge in [-0.2, -0.15) is 111 Å². The van der Waals surface area contributed by atoms with Gasteiger partial charge in [-0.25, -0.2) is 4.98 Å². The van der Waals surface area contributed by atoms with Crippen molar-refractivity contribution in [2.75, 3.05) is 0 Å². The van der Waals surface area contributed by atoms with E-state index in [4.69, 9.17) is 4.98 Å². The monoisotopic (exact) mass is 1430 g/mol. The smallest absolute Gasteiger partial charge is 0.307 e. The van der Waals surface area contributed by atoms with Crippen LogP contribution in [0, 0.1) is 11.3 Å². The quantitative estimate of drug-likeness (QED) is 0.142. The van der Waals surface area contributed by atoms with E-state index in [0.717, 1.165) is 63.7 Å². The number of rotatable bonds is 8. The van der Waals surface area contributed by atoms with Gasteiger partial charge in [0.05, 0.1) is 101 Å². The molecule has 13 aromatic rings. The molecule has 0 amide bonds. The number of hydrogen-bond donors (Lipinski definition) is 0. The molecule has 0 bridgehead atoms. The van der Waals surface area contributed by atoms with E-state index in [1.807, 2.05) is 6.07 Å². The van der Waals surface area contributed by atoms with Gasteiger partial charge in [-0.05, 0) is 166 Å². The largest absolute Gasteiger partial charge is 0.416 e. The zero-order chi connectivity index (χ0) is 73.5. The van der Waals surface area contributed by atoms with E-state index in [2.05, 4.69) is 0 Å². The zero-order valence-electron chi connectivity index (χ0n) is 50.5. The molecule has 0 aliphatic rings. The van der Waals surface area contributed by atoms with Gasteiger partial charge in [0.15, 0.2) is 0 Å². The molecule has 0 N–H and O–H groups in total. The van der Waals surface area contributed by atoms with Crippen LogP contribution in [0.1, 0.15) is 50.1 Å². The van der Waals surface area contributed by atoms with Crippen molar-refractivity contribution in [2.24, 2.45) is 0 Å². The summed E-state index contributed by atoms with van der Waals surface area (Å²) < 4.78 is 353. The van der Waals surface area contributed by atoms with Crippen LogP contribution in [0.3, 0.4) is 0 Å². The molecule has 0 fully saturated rings. The summed E-state index contributed by atoms with van der Waals surface area (Å²) in [5, 5.41) is 11.2. The van der Waals surface area contributed by atoms with Gasteiger partial charge in [0.25, 0.3) is 0 Å². The highest BCUT2D eigenvalue weighted by Crippen LogP contribution is 2.49. The van der Waals surface area contributed by atoms with Crippen molar-refractivity contribution in [3.63, 3.8) is 0 Å². The fourth-order valence-electron chi connectivity index (χ4n) is 12.4. The van der Waals surface area contributed by atoms with Crippen LogP contribution in [0.15, 0.2) is 206 Å². The SMILES string of the molecule is N#Cc1cc(-n2c3cc(-c4cc(C(F)(F)F)cc(C(F)(F)F)c4)ccc3c3ccc(-c4cc(C(F)(F)F)cc(C(F)(F)F)c4)cc32)c(-n2c3cc(-c4cc(C(F)(F)F)cc(C(F)(F)F)c4)ccc3c3ccc(-c4cc(C(F)(F)F)cc(C(F)(F)F)c4)cc32)cc1-c1cccc(-c2ccccc2)n1. The second kappa shape index (κ2) is 24.0. The van der Waals surface area contributed by atoms with Gasteiger partial charge >= 0.3 is 49.4 Å². The predicted molar refractivity (Wildman–Crippen MR) is 330 cm³/mol. The van der Waals surface area contributed by atoms with Crippen LogP contribution in [0.4, 0.5) is 105 Å². The first-order chi connectivity index (χ1) is 47.5. The lowest BCUT2D eigenvalue weighted by Crippen LogP contribution is -2.11. The minimum Gasteiger partial charge on any atom is -0.307 e. The Labute approximate surface area is 556 Å². The van der Waals surface area contributed by atoms with Crippen LogP contribution in [0.2, 0.25) is 0 Å². The lowest BCUT2D eigenvalue weighted by atomic mass is 9.97. The topological polar surface area (TPSA) is 46.5 Å². The number of fused-ring (bicyclic) bond motifs is 6. The predicted octanol–water partition coefficient (Wildman–Crippen LogP) is 25.3. The standard InChI is InChI=1S/C74H34F24N4/c75-67(76,77)46-17-41(18-47(30-46)68(78,79)80)37-9-13-54-55-14-10-38(42-19-48(69(81,82)83)31-49(20-42)70(84,85)86)26-62(55)101(61(54)25-37)65-29-45(35-99)58(60-8-4-7-59(100-60)36-5-2-1-3-6-36)34-66(65)102-63-27-39(43-21-50(71(87,88)89)32-51(22-43)72(90,91)92)11-15-56(63)57-16-12-40(28-64(57)102)44-23-52(73(93,94)95)33-53(24-44)74(96,97)98/h1-34H. The van der Waals surface area contributed by atoms with Crippen LogP contribution in [0.25, 0.3) is 122 Å². The lowest BCUT2D eigenvalue weighted by molar-refractivity contribution is -0.144. The molecular formula is C74H34F24N4. The van der Waals surface area contributed by atoms with Crippen LogP contribution < -0.4 is 0 Å². The van der Waals surface area contributed by atoms with Crippen LogP contribution in [-0.2, 0) is 49.4 Å². The second-order valence-corrected chi connectivity index (χ2v) is 23.5. The fourth-order valence-corrected chi connectivity index (χ4v) is 12.4. The summed E-state index contributed by atoms with van der Waals surface area (Å²) in [6, 6.07) is 32.3. The number of alkyl halides is 24. The van der Waals surface area contributed by atoms with E-state index in [1.165, 1.54) is 42.5 Å². The molecule has 0 aliphatic heterocycles. The van der Waals surface area contributed by atoms with E-state index in [9.17, 15) is 111 Å². The molecule has 4 nitrogen and oxygen atoms in total. The summed E-state index contributed by atoms with van der Waals surface area (Å²) >= 11 is 0. The summed E-state index contributed by atoms with van der Waals surface area (Å²) in [5.74, 6) is 0. The van der Waals surface area contributed by atoms with Crippen molar-refractivity contribution in [3.05, 3.63) is 256 Å². The Morgan fingerprint density at radius 1 is 0.245 bits per heavy atom. The molecule has 13 rings (SSSR count). The number of pyridine rings is 1. The first kappa shape index (κ1) is 69.2. The molecule has 10 aromatic carbocycles. The third-order valence-electron chi connectivity index (χ3n) is 17.0. The zero-order valence-corrected chi connectivity index (χ0v) is 50.5. The summed E-state index contributed by atoms with van der Waals surface area (Å²) in [4.78, 5) is 4.81. The van der Waals surface area contributed by atoms with Crippen molar-refractivity contribution in [1.82, 2.24) is 14.1 Å². The Bertz CT molecular complexity index is 5200. The van der Waals surface area contributed by atoms with Gasteiger partial charge < -0.3 is 9.13 Å². The van der Waals surface area contributed by atoms with Crippen molar-refractivity contribution in [1.29, 1.82) is 5.26 Å².